The first-order valence-electron chi connectivity index (χ1n) is 10.1. The van der Waals surface area contributed by atoms with Crippen molar-refractivity contribution in [1.82, 2.24) is 14.9 Å². The molecule has 1 aliphatic heterocycles. The fraction of sp³-hybridized carbons (Fsp3) is 0.208. The average Bonchev–Trinajstić information content (AvgIpc) is 3.15. The van der Waals surface area contributed by atoms with Gasteiger partial charge in [-0.1, -0.05) is 30.3 Å². The molecule has 0 radical (unpaired) electrons. The predicted octanol–water partition coefficient (Wildman–Crippen LogP) is 4.55. The molecule has 4 aromatic rings. The molecule has 0 spiro atoms. The van der Waals surface area contributed by atoms with Crippen LogP contribution < -0.4 is 0 Å². The standard InChI is InChI=1S/C24H20FN3O3/c1-15-18-7-2-3-8-19(18)31-23(15)24(29)28-11-12-30-20(14-28)22-21(26-9-10-27-22)16-5-4-6-17(25)13-16/h2-10,13,20H,11-12,14H2,1H3/t20-/m1/s1. The second-order valence-electron chi connectivity index (χ2n) is 7.46. The molecule has 0 N–H and O–H groups in total. The number of benzene rings is 2. The Morgan fingerprint density at radius 3 is 2.81 bits per heavy atom. The maximum atomic E-state index is 13.8. The molecule has 0 saturated carbocycles. The summed E-state index contributed by atoms with van der Waals surface area (Å²) in [5, 5.41) is 0.929. The van der Waals surface area contributed by atoms with Crippen LogP contribution in [0.25, 0.3) is 22.2 Å². The summed E-state index contributed by atoms with van der Waals surface area (Å²) in [6.45, 7) is 2.99. The Hall–Kier alpha value is -3.58. The average molecular weight is 417 g/mol. The zero-order valence-electron chi connectivity index (χ0n) is 16.9. The molecule has 0 bridgehead atoms. The molecule has 1 atom stereocenters. The van der Waals surface area contributed by atoms with Crippen molar-refractivity contribution in [2.75, 3.05) is 19.7 Å². The number of nitrogens with zero attached hydrogens (tertiary/aromatic N) is 3. The van der Waals surface area contributed by atoms with E-state index < -0.39 is 6.10 Å². The molecule has 0 unspecified atom stereocenters. The number of furan rings is 1. The van der Waals surface area contributed by atoms with Crippen molar-refractivity contribution in [3.63, 3.8) is 0 Å². The quantitative estimate of drug-likeness (QED) is 0.489. The molecule has 3 heterocycles. The van der Waals surface area contributed by atoms with Crippen LogP contribution in [0.2, 0.25) is 0 Å². The zero-order chi connectivity index (χ0) is 21.4. The molecule has 156 valence electrons. The minimum atomic E-state index is -0.477. The molecule has 31 heavy (non-hydrogen) atoms. The van der Waals surface area contributed by atoms with Crippen molar-refractivity contribution in [1.29, 1.82) is 0 Å². The van der Waals surface area contributed by atoms with E-state index in [0.29, 0.717) is 48.0 Å². The van der Waals surface area contributed by atoms with Gasteiger partial charge in [-0.05, 0) is 25.1 Å². The Labute approximate surface area is 178 Å². The molecule has 1 amide bonds. The number of carbonyl (C=O) groups is 1. The van der Waals surface area contributed by atoms with E-state index in [0.717, 1.165) is 10.9 Å². The first kappa shape index (κ1) is 19.4. The highest BCUT2D eigenvalue weighted by molar-refractivity contribution is 5.99. The number of hydrogen-bond acceptors (Lipinski definition) is 5. The Morgan fingerprint density at radius 1 is 1.13 bits per heavy atom. The number of fused-ring (bicyclic) bond motifs is 1. The Morgan fingerprint density at radius 2 is 1.97 bits per heavy atom. The lowest BCUT2D eigenvalue weighted by atomic mass is 10.0. The largest absolute Gasteiger partial charge is 0.451 e. The Balaban J connectivity index is 1.45. The summed E-state index contributed by atoms with van der Waals surface area (Å²) in [7, 11) is 0. The molecule has 1 saturated heterocycles. The lowest BCUT2D eigenvalue weighted by Crippen LogP contribution is -2.42. The molecule has 1 aliphatic rings. The molecule has 2 aromatic heterocycles. The van der Waals surface area contributed by atoms with Crippen LogP contribution in [0.15, 0.2) is 65.3 Å². The number of rotatable bonds is 3. The van der Waals surface area contributed by atoms with Gasteiger partial charge in [-0.3, -0.25) is 14.8 Å². The molecule has 7 heteroatoms. The van der Waals surface area contributed by atoms with E-state index in [2.05, 4.69) is 9.97 Å². The van der Waals surface area contributed by atoms with Crippen LogP contribution in [0.3, 0.4) is 0 Å². The monoisotopic (exact) mass is 417 g/mol. The topological polar surface area (TPSA) is 68.5 Å². The maximum absolute atomic E-state index is 13.8. The van der Waals surface area contributed by atoms with E-state index in [9.17, 15) is 9.18 Å². The number of hydrogen-bond donors (Lipinski definition) is 0. The highest BCUT2D eigenvalue weighted by atomic mass is 19.1. The number of halogens is 1. The molecule has 1 fully saturated rings. The van der Waals surface area contributed by atoms with Gasteiger partial charge >= 0.3 is 0 Å². The second-order valence-corrected chi connectivity index (χ2v) is 7.46. The number of aryl methyl sites for hydroxylation is 1. The molecule has 0 aliphatic carbocycles. The molecule has 2 aromatic carbocycles. The molecular formula is C24H20FN3O3. The van der Waals surface area contributed by atoms with E-state index in [1.807, 2.05) is 31.2 Å². The zero-order valence-corrected chi connectivity index (χ0v) is 16.9. The van der Waals surface area contributed by atoms with Crippen LogP contribution in [0, 0.1) is 12.7 Å². The first-order valence-corrected chi connectivity index (χ1v) is 10.1. The lowest BCUT2D eigenvalue weighted by molar-refractivity contribution is -0.0255. The highest BCUT2D eigenvalue weighted by Crippen LogP contribution is 2.31. The summed E-state index contributed by atoms with van der Waals surface area (Å²) in [6.07, 6.45) is 2.66. The second kappa shape index (κ2) is 7.92. The Kier molecular flexibility index (Phi) is 4.95. The minimum absolute atomic E-state index is 0.182. The van der Waals surface area contributed by atoms with Gasteiger partial charge in [0.15, 0.2) is 5.76 Å². The van der Waals surface area contributed by atoms with Crippen molar-refractivity contribution in [3.8, 4) is 11.3 Å². The van der Waals surface area contributed by atoms with Crippen molar-refractivity contribution in [2.45, 2.75) is 13.0 Å². The van der Waals surface area contributed by atoms with Crippen LogP contribution >= 0.6 is 0 Å². The Bertz CT molecular complexity index is 1270. The van der Waals surface area contributed by atoms with Crippen molar-refractivity contribution in [2.24, 2.45) is 0 Å². The summed E-state index contributed by atoms with van der Waals surface area (Å²) < 4.78 is 25.6. The van der Waals surface area contributed by atoms with Crippen LogP contribution in [-0.4, -0.2) is 40.5 Å². The summed E-state index contributed by atoms with van der Waals surface area (Å²) in [5.41, 5.74) is 3.25. The fourth-order valence-electron chi connectivity index (χ4n) is 3.96. The van der Waals surface area contributed by atoms with E-state index in [4.69, 9.17) is 9.15 Å². The maximum Gasteiger partial charge on any atom is 0.290 e. The van der Waals surface area contributed by atoms with E-state index in [1.165, 1.54) is 12.1 Å². The number of amides is 1. The van der Waals surface area contributed by atoms with Gasteiger partial charge in [0.25, 0.3) is 5.91 Å². The molecular weight excluding hydrogens is 397 g/mol. The third kappa shape index (κ3) is 3.57. The minimum Gasteiger partial charge on any atom is -0.451 e. The van der Waals surface area contributed by atoms with Gasteiger partial charge < -0.3 is 14.1 Å². The fourth-order valence-corrected chi connectivity index (χ4v) is 3.96. The number of carbonyl (C=O) groups excluding carboxylic acids is 1. The SMILES string of the molecule is Cc1c(C(=O)N2CCO[C@@H](c3nccnc3-c3cccc(F)c3)C2)oc2ccccc12. The summed E-state index contributed by atoms with van der Waals surface area (Å²) in [5.74, 6) is -0.194. The highest BCUT2D eigenvalue weighted by Gasteiger charge is 2.31. The van der Waals surface area contributed by atoms with Gasteiger partial charge in [0, 0.05) is 35.5 Å². The number of para-hydroxylation sites is 1. The van der Waals surface area contributed by atoms with E-state index >= 15 is 0 Å². The van der Waals surface area contributed by atoms with E-state index in [1.54, 1.807) is 29.4 Å². The van der Waals surface area contributed by atoms with Crippen molar-refractivity contribution in [3.05, 3.63) is 83.8 Å². The lowest BCUT2D eigenvalue weighted by Gasteiger charge is -2.32. The third-order valence-electron chi connectivity index (χ3n) is 5.52. The third-order valence-corrected chi connectivity index (χ3v) is 5.52. The molecule has 6 nitrogen and oxygen atoms in total. The van der Waals surface area contributed by atoms with Gasteiger partial charge in [0.1, 0.15) is 17.5 Å². The van der Waals surface area contributed by atoms with Gasteiger partial charge in [0.2, 0.25) is 0 Å². The van der Waals surface area contributed by atoms with E-state index in [-0.39, 0.29) is 11.7 Å². The summed E-state index contributed by atoms with van der Waals surface area (Å²) in [6, 6.07) is 13.8. The van der Waals surface area contributed by atoms with Crippen molar-refractivity contribution < 1.29 is 18.3 Å². The predicted molar refractivity (Wildman–Crippen MR) is 113 cm³/mol. The summed E-state index contributed by atoms with van der Waals surface area (Å²) in [4.78, 5) is 23.8. The number of ether oxygens (including phenoxy) is 1. The van der Waals surface area contributed by atoms with Crippen LogP contribution in [0.4, 0.5) is 4.39 Å². The van der Waals surface area contributed by atoms with Crippen LogP contribution in [0.1, 0.15) is 27.9 Å². The van der Waals surface area contributed by atoms with Crippen LogP contribution in [0.5, 0.6) is 0 Å². The first-order chi connectivity index (χ1) is 15.1. The normalized spacial score (nSPS) is 16.6. The number of aromatic nitrogens is 2. The number of morpholine rings is 1. The van der Waals surface area contributed by atoms with Gasteiger partial charge in [-0.25, -0.2) is 4.39 Å². The van der Waals surface area contributed by atoms with Gasteiger partial charge in [-0.15, -0.1) is 0 Å². The van der Waals surface area contributed by atoms with Crippen molar-refractivity contribution >= 4 is 16.9 Å². The van der Waals surface area contributed by atoms with Gasteiger partial charge in [-0.2, -0.15) is 0 Å². The summed E-state index contributed by atoms with van der Waals surface area (Å²) >= 11 is 0. The molecule has 5 rings (SSSR count). The smallest absolute Gasteiger partial charge is 0.290 e. The van der Waals surface area contributed by atoms with Gasteiger partial charge in [0.05, 0.1) is 24.5 Å². The van der Waals surface area contributed by atoms with Crippen LogP contribution in [-0.2, 0) is 4.74 Å².